The van der Waals surface area contributed by atoms with Gasteiger partial charge in [0.05, 0.1) is 5.52 Å². The van der Waals surface area contributed by atoms with Gasteiger partial charge in [0, 0.05) is 42.2 Å². The van der Waals surface area contributed by atoms with Gasteiger partial charge in [-0.25, -0.2) is 0 Å². The van der Waals surface area contributed by atoms with Gasteiger partial charge in [-0.2, -0.15) is 0 Å². The minimum atomic E-state index is -1.62. The van der Waals surface area contributed by atoms with E-state index in [4.69, 9.17) is 5.73 Å². The Hall–Kier alpha value is -2.74. The largest absolute Gasteiger partial charge is 0.490 e. The zero-order valence-corrected chi connectivity index (χ0v) is 16.2. The number of piperidine rings is 1. The molecule has 3 aromatic rings. The van der Waals surface area contributed by atoms with Crippen molar-refractivity contribution < 1.29 is 14.8 Å². The molecule has 4 N–H and O–H groups in total. The standard InChI is InChI=1S/C22H24BN3O3/c24-13-15-3-1-4-17(11-15)16-7-9-26(10-8-16)22(27)19-5-2-6-21-20(19)12-18(14-25-21)23(28)29/h1-6,11-12,14,16,28-29H,7-10,13,24H2. The first-order chi connectivity index (χ1) is 14.1. The molecule has 1 aliphatic heterocycles. The Bertz CT molecular complexity index is 1030. The Morgan fingerprint density at radius 3 is 2.62 bits per heavy atom. The van der Waals surface area contributed by atoms with Gasteiger partial charge in [0.2, 0.25) is 0 Å². The molecule has 0 aliphatic carbocycles. The first kappa shape index (κ1) is 19.6. The highest BCUT2D eigenvalue weighted by Gasteiger charge is 2.26. The number of likely N-dealkylation sites (tertiary alicyclic amines) is 1. The van der Waals surface area contributed by atoms with Gasteiger partial charge in [0.1, 0.15) is 0 Å². The number of nitrogens with two attached hydrogens (primary N) is 1. The van der Waals surface area contributed by atoms with Gasteiger partial charge >= 0.3 is 7.12 Å². The van der Waals surface area contributed by atoms with Gasteiger partial charge in [-0.3, -0.25) is 9.78 Å². The number of carbonyl (C=O) groups is 1. The van der Waals surface area contributed by atoms with E-state index in [-0.39, 0.29) is 11.4 Å². The number of fused-ring (bicyclic) bond motifs is 1. The Kier molecular flexibility index (Phi) is 5.62. The predicted octanol–water partition coefficient (Wildman–Crippen LogP) is 1.39. The summed E-state index contributed by atoms with van der Waals surface area (Å²) in [6, 6.07) is 15.4. The van der Waals surface area contributed by atoms with E-state index in [1.165, 1.54) is 11.8 Å². The van der Waals surface area contributed by atoms with E-state index in [2.05, 4.69) is 17.1 Å². The predicted molar refractivity (Wildman–Crippen MR) is 114 cm³/mol. The third kappa shape index (κ3) is 4.03. The molecule has 4 rings (SSSR count). The van der Waals surface area contributed by atoms with Crippen LogP contribution in [0.3, 0.4) is 0 Å². The molecule has 1 fully saturated rings. The second-order valence-electron chi connectivity index (χ2n) is 7.53. The molecular weight excluding hydrogens is 365 g/mol. The molecule has 2 aromatic carbocycles. The number of hydrogen-bond donors (Lipinski definition) is 3. The molecular formula is C22H24BN3O3. The maximum absolute atomic E-state index is 13.2. The van der Waals surface area contributed by atoms with Crippen LogP contribution in [0.1, 0.15) is 40.2 Å². The Labute approximate surface area is 170 Å². The second-order valence-corrected chi connectivity index (χ2v) is 7.53. The summed E-state index contributed by atoms with van der Waals surface area (Å²) in [4.78, 5) is 19.3. The number of carbonyl (C=O) groups excluding carboxylic acids is 1. The first-order valence-electron chi connectivity index (χ1n) is 9.90. The third-order valence-electron chi connectivity index (χ3n) is 5.72. The van der Waals surface area contributed by atoms with Crippen molar-refractivity contribution in [2.45, 2.75) is 25.3 Å². The van der Waals surface area contributed by atoms with Crippen molar-refractivity contribution in [3.63, 3.8) is 0 Å². The lowest BCUT2D eigenvalue weighted by atomic mass is 9.80. The quantitative estimate of drug-likeness (QED) is 0.586. The normalized spacial score (nSPS) is 14.9. The molecule has 0 unspecified atom stereocenters. The molecule has 0 spiro atoms. The number of benzene rings is 2. The zero-order chi connectivity index (χ0) is 20.4. The van der Waals surface area contributed by atoms with Crippen LogP contribution in [0.5, 0.6) is 0 Å². The molecule has 7 heteroatoms. The van der Waals surface area contributed by atoms with Crippen LogP contribution in [0.4, 0.5) is 0 Å². The lowest BCUT2D eigenvalue weighted by molar-refractivity contribution is 0.0715. The van der Waals surface area contributed by atoms with E-state index in [0.717, 1.165) is 18.4 Å². The van der Waals surface area contributed by atoms with Crippen molar-refractivity contribution in [2.75, 3.05) is 13.1 Å². The van der Waals surface area contributed by atoms with Gasteiger partial charge in [0.15, 0.2) is 0 Å². The minimum Gasteiger partial charge on any atom is -0.423 e. The number of pyridine rings is 1. The van der Waals surface area contributed by atoms with Gasteiger partial charge in [-0.1, -0.05) is 36.4 Å². The summed E-state index contributed by atoms with van der Waals surface area (Å²) in [5.41, 5.74) is 9.66. The molecule has 0 saturated carbocycles. The Morgan fingerprint density at radius 2 is 1.90 bits per heavy atom. The fourth-order valence-electron chi connectivity index (χ4n) is 4.05. The first-order valence-corrected chi connectivity index (χ1v) is 9.90. The smallest absolute Gasteiger partial charge is 0.423 e. The average Bonchev–Trinajstić information content (AvgIpc) is 2.78. The number of hydrogen-bond acceptors (Lipinski definition) is 5. The van der Waals surface area contributed by atoms with Crippen LogP contribution in [-0.4, -0.2) is 46.0 Å². The number of nitrogens with zero attached hydrogens (tertiary/aromatic N) is 2. The molecule has 1 amide bonds. The van der Waals surface area contributed by atoms with Gasteiger partial charge < -0.3 is 20.7 Å². The Morgan fingerprint density at radius 1 is 1.14 bits per heavy atom. The zero-order valence-electron chi connectivity index (χ0n) is 16.2. The van der Waals surface area contributed by atoms with E-state index >= 15 is 0 Å². The van der Waals surface area contributed by atoms with Crippen LogP contribution < -0.4 is 11.2 Å². The van der Waals surface area contributed by atoms with Crippen molar-refractivity contribution in [1.29, 1.82) is 0 Å². The van der Waals surface area contributed by atoms with E-state index in [9.17, 15) is 14.8 Å². The minimum absolute atomic E-state index is 0.0452. The molecule has 1 saturated heterocycles. The summed E-state index contributed by atoms with van der Waals surface area (Å²) in [6.07, 6.45) is 3.23. The fourth-order valence-corrected chi connectivity index (χ4v) is 4.05. The van der Waals surface area contributed by atoms with Crippen molar-refractivity contribution in [3.05, 3.63) is 71.4 Å². The fraction of sp³-hybridized carbons (Fsp3) is 0.273. The molecule has 2 heterocycles. The summed E-state index contributed by atoms with van der Waals surface area (Å²) < 4.78 is 0. The number of amides is 1. The molecule has 0 atom stereocenters. The van der Waals surface area contributed by atoms with E-state index in [0.29, 0.717) is 42.0 Å². The summed E-state index contributed by atoms with van der Waals surface area (Å²) in [7, 11) is -1.62. The average molecular weight is 389 g/mol. The highest BCUT2D eigenvalue weighted by Crippen LogP contribution is 2.30. The topological polar surface area (TPSA) is 99.7 Å². The van der Waals surface area contributed by atoms with Crippen LogP contribution >= 0.6 is 0 Å². The molecule has 29 heavy (non-hydrogen) atoms. The lowest BCUT2D eigenvalue weighted by Gasteiger charge is -2.32. The van der Waals surface area contributed by atoms with Crippen LogP contribution in [-0.2, 0) is 6.54 Å². The van der Waals surface area contributed by atoms with E-state index in [1.54, 1.807) is 12.1 Å². The highest BCUT2D eigenvalue weighted by molar-refractivity contribution is 6.58. The molecule has 0 bridgehead atoms. The maximum atomic E-state index is 13.2. The molecule has 6 nitrogen and oxygen atoms in total. The summed E-state index contributed by atoms with van der Waals surface area (Å²) in [5, 5.41) is 19.5. The SMILES string of the molecule is NCc1cccc(C2CCN(C(=O)c3cccc4ncc(B(O)O)cc34)CC2)c1. The number of rotatable bonds is 4. The summed E-state index contributed by atoms with van der Waals surface area (Å²) in [6.45, 7) is 1.90. The van der Waals surface area contributed by atoms with E-state index in [1.807, 2.05) is 29.2 Å². The van der Waals surface area contributed by atoms with Crippen LogP contribution in [0.2, 0.25) is 0 Å². The third-order valence-corrected chi connectivity index (χ3v) is 5.72. The molecule has 0 radical (unpaired) electrons. The molecule has 148 valence electrons. The van der Waals surface area contributed by atoms with Crippen molar-refractivity contribution >= 4 is 29.4 Å². The van der Waals surface area contributed by atoms with Crippen LogP contribution in [0.15, 0.2) is 54.7 Å². The second kappa shape index (κ2) is 8.33. The summed E-state index contributed by atoms with van der Waals surface area (Å²) in [5.74, 6) is 0.381. The van der Waals surface area contributed by atoms with Crippen molar-refractivity contribution in [1.82, 2.24) is 9.88 Å². The summed E-state index contributed by atoms with van der Waals surface area (Å²) >= 11 is 0. The van der Waals surface area contributed by atoms with Gasteiger partial charge in [0.25, 0.3) is 5.91 Å². The monoisotopic (exact) mass is 389 g/mol. The lowest BCUT2D eigenvalue weighted by Crippen LogP contribution is -2.38. The van der Waals surface area contributed by atoms with Crippen molar-refractivity contribution in [3.8, 4) is 0 Å². The van der Waals surface area contributed by atoms with Crippen molar-refractivity contribution in [2.24, 2.45) is 5.73 Å². The maximum Gasteiger partial charge on any atom is 0.490 e. The van der Waals surface area contributed by atoms with E-state index < -0.39 is 7.12 Å². The van der Waals surface area contributed by atoms with Gasteiger partial charge in [-0.05, 0) is 42.0 Å². The molecule has 1 aliphatic rings. The molecule has 1 aromatic heterocycles. The number of aromatic nitrogens is 1. The van der Waals surface area contributed by atoms with Crippen LogP contribution in [0.25, 0.3) is 10.9 Å². The highest BCUT2D eigenvalue weighted by atomic mass is 16.4. The van der Waals surface area contributed by atoms with Crippen LogP contribution in [0, 0.1) is 0 Å². The van der Waals surface area contributed by atoms with Gasteiger partial charge in [-0.15, -0.1) is 0 Å². The Balaban J connectivity index is 1.53.